The number of aliphatic hydroxyl groups is 1. The average molecular weight is 229 g/mol. The number of ether oxygens (including phenoxy) is 1. The lowest BCUT2D eigenvalue weighted by Gasteiger charge is -2.32. The summed E-state index contributed by atoms with van der Waals surface area (Å²) in [6.07, 6.45) is 2.69. The van der Waals surface area contributed by atoms with Crippen molar-refractivity contribution in [1.29, 1.82) is 0 Å². The van der Waals surface area contributed by atoms with Gasteiger partial charge in [0, 0.05) is 13.1 Å². The normalized spacial score (nSPS) is 23.1. The summed E-state index contributed by atoms with van der Waals surface area (Å²) in [5.41, 5.74) is -0.627. The summed E-state index contributed by atoms with van der Waals surface area (Å²) in [4.78, 5) is 13.7. The molecule has 0 aliphatic carbocycles. The third-order valence-electron chi connectivity index (χ3n) is 3.08. The van der Waals surface area contributed by atoms with Crippen molar-refractivity contribution in [2.45, 2.75) is 38.7 Å². The van der Waals surface area contributed by atoms with Gasteiger partial charge in [-0.25, -0.2) is 0 Å². The summed E-state index contributed by atoms with van der Waals surface area (Å²) >= 11 is 0. The van der Waals surface area contributed by atoms with Gasteiger partial charge in [-0.1, -0.05) is 0 Å². The topological polar surface area (TPSA) is 49.8 Å². The number of rotatable bonds is 4. The average Bonchev–Trinajstić information content (AvgIpc) is 2.25. The van der Waals surface area contributed by atoms with Crippen molar-refractivity contribution in [3.05, 3.63) is 0 Å². The molecule has 1 N–H and O–H groups in total. The Labute approximate surface area is 97.6 Å². The molecule has 1 aliphatic rings. The van der Waals surface area contributed by atoms with Crippen LogP contribution in [0.3, 0.4) is 0 Å². The van der Waals surface area contributed by atoms with Crippen molar-refractivity contribution in [1.82, 2.24) is 4.90 Å². The Balaban J connectivity index is 2.36. The molecule has 4 nitrogen and oxygen atoms in total. The van der Waals surface area contributed by atoms with E-state index in [0.717, 1.165) is 38.9 Å². The molecule has 4 heteroatoms. The predicted molar refractivity (Wildman–Crippen MR) is 62.1 cm³/mol. The molecule has 0 spiro atoms. The van der Waals surface area contributed by atoms with Crippen LogP contribution in [0.2, 0.25) is 0 Å². The van der Waals surface area contributed by atoms with E-state index in [2.05, 4.69) is 4.90 Å². The molecular formula is C12H23NO3. The minimum atomic E-state index is -0.627. The molecule has 1 saturated heterocycles. The van der Waals surface area contributed by atoms with Gasteiger partial charge in [-0.3, -0.25) is 4.79 Å². The monoisotopic (exact) mass is 229 g/mol. The van der Waals surface area contributed by atoms with E-state index in [1.165, 1.54) is 7.11 Å². The second-order valence-electron chi connectivity index (χ2n) is 5.23. The van der Waals surface area contributed by atoms with Crippen LogP contribution < -0.4 is 0 Å². The summed E-state index contributed by atoms with van der Waals surface area (Å²) in [6.45, 7) is 6.26. The van der Waals surface area contributed by atoms with Gasteiger partial charge in [0.15, 0.2) is 0 Å². The van der Waals surface area contributed by atoms with Crippen molar-refractivity contribution < 1.29 is 14.6 Å². The molecule has 1 heterocycles. The van der Waals surface area contributed by atoms with Crippen LogP contribution in [0.4, 0.5) is 0 Å². The van der Waals surface area contributed by atoms with Gasteiger partial charge >= 0.3 is 5.97 Å². The first-order valence-electron chi connectivity index (χ1n) is 5.95. The maximum absolute atomic E-state index is 11.4. The minimum Gasteiger partial charge on any atom is -0.469 e. The smallest absolute Gasteiger partial charge is 0.309 e. The quantitative estimate of drug-likeness (QED) is 0.732. The van der Waals surface area contributed by atoms with E-state index in [9.17, 15) is 9.90 Å². The number of piperidine rings is 1. The molecule has 94 valence electrons. The van der Waals surface area contributed by atoms with Crippen LogP contribution in [-0.2, 0) is 9.53 Å². The molecule has 1 fully saturated rings. The molecular weight excluding hydrogens is 206 g/mol. The number of methoxy groups -OCH3 is 1. The molecule has 1 unspecified atom stereocenters. The van der Waals surface area contributed by atoms with Crippen molar-refractivity contribution in [3.8, 4) is 0 Å². The third kappa shape index (κ3) is 4.49. The van der Waals surface area contributed by atoms with Gasteiger partial charge in [-0.2, -0.15) is 0 Å². The Kier molecular flexibility index (Phi) is 4.74. The van der Waals surface area contributed by atoms with Crippen LogP contribution >= 0.6 is 0 Å². The molecule has 0 radical (unpaired) electrons. The molecule has 1 atom stereocenters. The molecule has 0 aromatic rings. The Bertz CT molecular complexity index is 235. The highest BCUT2D eigenvalue weighted by Gasteiger charge is 2.27. The van der Waals surface area contributed by atoms with E-state index in [1.54, 1.807) is 0 Å². The molecule has 0 bridgehead atoms. The lowest BCUT2D eigenvalue weighted by Crippen LogP contribution is -2.41. The largest absolute Gasteiger partial charge is 0.469 e. The van der Waals surface area contributed by atoms with Crippen molar-refractivity contribution >= 4 is 5.97 Å². The molecule has 1 rings (SSSR count). The van der Waals surface area contributed by atoms with Crippen molar-refractivity contribution in [3.63, 3.8) is 0 Å². The van der Waals surface area contributed by atoms with E-state index < -0.39 is 5.60 Å². The number of carbonyl (C=O) groups excluding carboxylic acids is 1. The zero-order valence-electron chi connectivity index (χ0n) is 10.5. The van der Waals surface area contributed by atoms with Gasteiger partial charge in [0.1, 0.15) is 0 Å². The first kappa shape index (κ1) is 13.5. The molecule has 1 aliphatic heterocycles. The van der Waals surface area contributed by atoms with Crippen LogP contribution in [0, 0.1) is 5.92 Å². The first-order valence-corrected chi connectivity index (χ1v) is 5.95. The van der Waals surface area contributed by atoms with Crippen molar-refractivity contribution in [2.75, 3.05) is 26.7 Å². The summed E-state index contributed by atoms with van der Waals surface area (Å²) < 4.78 is 4.77. The van der Waals surface area contributed by atoms with E-state index in [1.807, 2.05) is 13.8 Å². The van der Waals surface area contributed by atoms with Crippen LogP contribution in [0.15, 0.2) is 0 Å². The highest BCUT2D eigenvalue weighted by atomic mass is 16.5. The lowest BCUT2D eigenvalue weighted by molar-refractivity contribution is -0.147. The highest BCUT2D eigenvalue weighted by Crippen LogP contribution is 2.19. The van der Waals surface area contributed by atoms with Crippen LogP contribution in [0.25, 0.3) is 0 Å². The minimum absolute atomic E-state index is 0.0144. The summed E-state index contributed by atoms with van der Waals surface area (Å²) in [6, 6.07) is 0. The van der Waals surface area contributed by atoms with Gasteiger partial charge < -0.3 is 14.7 Å². The van der Waals surface area contributed by atoms with Crippen LogP contribution in [0.5, 0.6) is 0 Å². The van der Waals surface area contributed by atoms with Gasteiger partial charge in [0.2, 0.25) is 0 Å². The van der Waals surface area contributed by atoms with E-state index in [0.29, 0.717) is 0 Å². The van der Waals surface area contributed by atoms with E-state index in [4.69, 9.17) is 4.74 Å². The fraction of sp³-hybridized carbons (Fsp3) is 0.917. The summed E-state index contributed by atoms with van der Waals surface area (Å²) in [5.74, 6) is -0.0893. The van der Waals surface area contributed by atoms with Gasteiger partial charge in [-0.05, 0) is 39.7 Å². The van der Waals surface area contributed by atoms with Crippen LogP contribution in [-0.4, -0.2) is 48.3 Å². The number of hydrogen-bond donors (Lipinski definition) is 1. The van der Waals surface area contributed by atoms with Gasteiger partial charge in [0.05, 0.1) is 18.6 Å². The SMILES string of the molecule is COC(=O)C1CCCN(CCC(C)(C)O)C1. The second kappa shape index (κ2) is 5.64. The fourth-order valence-corrected chi connectivity index (χ4v) is 2.05. The first-order chi connectivity index (χ1) is 7.42. The number of carbonyl (C=O) groups is 1. The predicted octanol–water partition coefficient (Wildman–Crippen LogP) is 1.03. The standard InChI is InChI=1S/C12H23NO3/c1-12(2,15)6-8-13-7-4-5-10(9-13)11(14)16-3/h10,15H,4-9H2,1-3H3. The third-order valence-corrected chi connectivity index (χ3v) is 3.08. The number of likely N-dealkylation sites (tertiary alicyclic amines) is 1. The number of hydrogen-bond acceptors (Lipinski definition) is 4. The highest BCUT2D eigenvalue weighted by molar-refractivity contribution is 5.72. The second-order valence-corrected chi connectivity index (χ2v) is 5.23. The summed E-state index contributed by atoms with van der Waals surface area (Å²) in [5, 5.41) is 9.65. The van der Waals surface area contributed by atoms with Gasteiger partial charge in [-0.15, -0.1) is 0 Å². The maximum Gasteiger partial charge on any atom is 0.309 e. The Hall–Kier alpha value is -0.610. The zero-order chi connectivity index (χ0) is 12.2. The molecule has 0 saturated carbocycles. The lowest BCUT2D eigenvalue weighted by atomic mass is 9.97. The van der Waals surface area contributed by atoms with E-state index in [-0.39, 0.29) is 11.9 Å². The molecule has 0 amide bonds. The van der Waals surface area contributed by atoms with Gasteiger partial charge in [0.25, 0.3) is 0 Å². The summed E-state index contributed by atoms with van der Waals surface area (Å²) in [7, 11) is 1.44. The van der Waals surface area contributed by atoms with Crippen LogP contribution in [0.1, 0.15) is 33.1 Å². The Morgan fingerprint density at radius 2 is 2.25 bits per heavy atom. The maximum atomic E-state index is 11.4. The zero-order valence-corrected chi connectivity index (χ0v) is 10.5. The molecule has 0 aromatic carbocycles. The molecule has 16 heavy (non-hydrogen) atoms. The molecule has 0 aromatic heterocycles. The number of esters is 1. The Morgan fingerprint density at radius 1 is 1.56 bits per heavy atom. The van der Waals surface area contributed by atoms with Crippen molar-refractivity contribution in [2.24, 2.45) is 5.92 Å². The Morgan fingerprint density at radius 3 is 2.81 bits per heavy atom. The van der Waals surface area contributed by atoms with E-state index >= 15 is 0 Å². The number of nitrogens with zero attached hydrogens (tertiary/aromatic N) is 1. The fourth-order valence-electron chi connectivity index (χ4n) is 2.05.